The van der Waals surface area contributed by atoms with Gasteiger partial charge in [-0.05, 0) is 12.1 Å². The van der Waals surface area contributed by atoms with Crippen LogP contribution in [0.25, 0.3) is 0 Å². The Kier molecular flexibility index (Phi) is 5.28. The second-order valence-electron chi connectivity index (χ2n) is 4.27. The molecule has 1 N–H and O–H groups in total. The van der Waals surface area contributed by atoms with Gasteiger partial charge in [0.05, 0.1) is 13.0 Å². The van der Waals surface area contributed by atoms with E-state index in [1.807, 2.05) is 0 Å². The highest BCUT2D eigenvalue weighted by Gasteiger charge is 2.13. The van der Waals surface area contributed by atoms with Crippen molar-refractivity contribution in [2.45, 2.75) is 20.3 Å². The predicted octanol–water partition coefficient (Wildman–Crippen LogP) is 2.36. The molecule has 0 saturated carbocycles. The zero-order valence-electron chi connectivity index (χ0n) is 10.3. The average molecular weight is 272 g/mol. The lowest BCUT2D eigenvalue weighted by Crippen LogP contribution is -2.32. The molecule has 0 aliphatic rings. The zero-order chi connectivity index (χ0) is 13.7. The fourth-order valence-electron chi connectivity index (χ4n) is 1.31. The Morgan fingerprint density at radius 1 is 1.39 bits per heavy atom. The van der Waals surface area contributed by atoms with E-state index < -0.39 is 11.7 Å². The first-order valence-corrected chi connectivity index (χ1v) is 6.02. The molecule has 0 spiro atoms. The van der Waals surface area contributed by atoms with Gasteiger partial charge in [0.15, 0.2) is 5.78 Å². The molecule has 0 heterocycles. The van der Waals surface area contributed by atoms with Crippen LogP contribution in [0.1, 0.15) is 19.4 Å². The number of carbonyl (C=O) groups excluding carboxylic acids is 2. The van der Waals surface area contributed by atoms with Crippen LogP contribution in [0.4, 0.5) is 4.39 Å². The van der Waals surface area contributed by atoms with Crippen LogP contribution in [-0.4, -0.2) is 18.2 Å². The number of hydrogen-bond donors (Lipinski definition) is 1. The Balaban J connectivity index is 2.58. The number of benzene rings is 1. The van der Waals surface area contributed by atoms with Gasteiger partial charge in [-0.2, -0.15) is 0 Å². The Hall–Kier alpha value is -1.42. The van der Waals surface area contributed by atoms with Crippen LogP contribution in [0, 0.1) is 11.7 Å². The van der Waals surface area contributed by atoms with Crippen LogP contribution in [0.2, 0.25) is 5.02 Å². The number of hydrogen-bond acceptors (Lipinski definition) is 2. The fraction of sp³-hybridized carbons (Fsp3) is 0.385. The average Bonchev–Trinajstić information content (AvgIpc) is 2.30. The largest absolute Gasteiger partial charge is 0.349 e. The number of ketones is 1. The summed E-state index contributed by atoms with van der Waals surface area (Å²) in [5.41, 5.74) is 0.147. The van der Waals surface area contributed by atoms with E-state index in [2.05, 4.69) is 5.32 Å². The molecule has 5 heteroatoms. The molecule has 0 atom stereocenters. The van der Waals surface area contributed by atoms with Gasteiger partial charge in [0.2, 0.25) is 5.91 Å². The summed E-state index contributed by atoms with van der Waals surface area (Å²) in [6.45, 7) is 3.47. The normalized spacial score (nSPS) is 10.5. The third-order valence-corrected chi connectivity index (χ3v) is 2.86. The molecule has 1 amide bonds. The summed E-state index contributed by atoms with van der Waals surface area (Å²) in [6, 6.07) is 4.24. The van der Waals surface area contributed by atoms with E-state index in [4.69, 9.17) is 11.6 Å². The van der Waals surface area contributed by atoms with Crippen molar-refractivity contribution in [2.24, 2.45) is 5.92 Å². The molecule has 1 aromatic carbocycles. The second-order valence-corrected chi connectivity index (χ2v) is 4.68. The lowest BCUT2D eigenvalue weighted by molar-refractivity contribution is -0.126. The van der Waals surface area contributed by atoms with Gasteiger partial charge in [-0.1, -0.05) is 31.5 Å². The van der Waals surface area contributed by atoms with Crippen molar-refractivity contribution in [3.8, 4) is 0 Å². The first-order chi connectivity index (χ1) is 8.41. The van der Waals surface area contributed by atoms with E-state index in [1.165, 1.54) is 18.2 Å². The van der Waals surface area contributed by atoms with Crippen molar-refractivity contribution < 1.29 is 14.0 Å². The molecule has 0 fully saturated rings. The van der Waals surface area contributed by atoms with Gasteiger partial charge in [0.1, 0.15) is 5.82 Å². The molecule has 1 aromatic rings. The molecular formula is C13H15ClFNO2. The van der Waals surface area contributed by atoms with Crippen LogP contribution < -0.4 is 5.32 Å². The van der Waals surface area contributed by atoms with Crippen molar-refractivity contribution in [1.29, 1.82) is 0 Å². The van der Waals surface area contributed by atoms with Gasteiger partial charge >= 0.3 is 0 Å². The smallest absolute Gasteiger partial charge is 0.224 e. The summed E-state index contributed by atoms with van der Waals surface area (Å²) in [5.74, 6) is -1.14. The van der Waals surface area contributed by atoms with E-state index in [0.29, 0.717) is 0 Å². The number of rotatable bonds is 5. The Labute approximate surface area is 110 Å². The molecule has 0 radical (unpaired) electrons. The Morgan fingerprint density at radius 3 is 2.61 bits per heavy atom. The minimum absolute atomic E-state index is 0.0391. The summed E-state index contributed by atoms with van der Waals surface area (Å²) >= 11 is 5.80. The summed E-state index contributed by atoms with van der Waals surface area (Å²) in [4.78, 5) is 22.9. The maximum Gasteiger partial charge on any atom is 0.224 e. The van der Waals surface area contributed by atoms with Gasteiger partial charge in [0, 0.05) is 16.5 Å². The van der Waals surface area contributed by atoms with Gasteiger partial charge in [-0.25, -0.2) is 4.39 Å². The van der Waals surface area contributed by atoms with Crippen LogP contribution in [0.15, 0.2) is 18.2 Å². The number of carbonyl (C=O) groups is 2. The summed E-state index contributed by atoms with van der Waals surface area (Å²) in [6.07, 6.45) is -0.170. The summed E-state index contributed by atoms with van der Waals surface area (Å²) in [5, 5.41) is 2.66. The van der Waals surface area contributed by atoms with Crippen LogP contribution in [0.3, 0.4) is 0 Å². The number of amides is 1. The molecule has 0 saturated heterocycles. The quantitative estimate of drug-likeness (QED) is 0.894. The van der Waals surface area contributed by atoms with E-state index >= 15 is 0 Å². The minimum Gasteiger partial charge on any atom is -0.349 e. The first-order valence-electron chi connectivity index (χ1n) is 5.64. The highest BCUT2D eigenvalue weighted by molar-refractivity contribution is 6.31. The third-order valence-electron chi connectivity index (χ3n) is 2.50. The van der Waals surface area contributed by atoms with E-state index in [1.54, 1.807) is 13.8 Å². The van der Waals surface area contributed by atoms with Crippen molar-refractivity contribution in [2.75, 3.05) is 6.54 Å². The molecule has 98 valence electrons. The standard InChI is InChI=1S/C13H15ClFNO2/c1-8(2)12(17)7-16-13(18)6-9-10(14)4-3-5-11(9)15/h3-5,8H,6-7H2,1-2H3,(H,16,18). The van der Waals surface area contributed by atoms with Gasteiger partial charge in [0.25, 0.3) is 0 Å². The topological polar surface area (TPSA) is 46.2 Å². The molecule has 18 heavy (non-hydrogen) atoms. The molecule has 0 unspecified atom stereocenters. The van der Waals surface area contributed by atoms with Gasteiger partial charge < -0.3 is 5.32 Å². The van der Waals surface area contributed by atoms with Crippen molar-refractivity contribution >= 4 is 23.3 Å². The number of Topliss-reactive ketones (excluding diaryl/α,β-unsaturated/α-hetero) is 1. The number of nitrogens with one attached hydrogen (secondary N) is 1. The zero-order valence-corrected chi connectivity index (χ0v) is 11.1. The highest BCUT2D eigenvalue weighted by atomic mass is 35.5. The maximum atomic E-state index is 13.4. The molecule has 0 aliphatic carbocycles. The van der Waals surface area contributed by atoms with Crippen LogP contribution >= 0.6 is 11.6 Å². The maximum absolute atomic E-state index is 13.4. The minimum atomic E-state index is -0.521. The first kappa shape index (κ1) is 14.6. The molecule has 3 nitrogen and oxygen atoms in total. The number of halogens is 2. The Morgan fingerprint density at radius 2 is 2.06 bits per heavy atom. The summed E-state index contributed by atoms with van der Waals surface area (Å²) in [7, 11) is 0. The second kappa shape index (κ2) is 6.50. The van der Waals surface area contributed by atoms with E-state index in [0.717, 1.165) is 0 Å². The van der Waals surface area contributed by atoms with Crippen molar-refractivity contribution in [3.05, 3.63) is 34.6 Å². The van der Waals surface area contributed by atoms with E-state index in [-0.39, 0.29) is 35.3 Å². The van der Waals surface area contributed by atoms with Gasteiger partial charge in [-0.15, -0.1) is 0 Å². The van der Waals surface area contributed by atoms with Crippen LogP contribution in [0.5, 0.6) is 0 Å². The lowest BCUT2D eigenvalue weighted by Gasteiger charge is -2.08. The fourth-order valence-corrected chi connectivity index (χ4v) is 1.54. The predicted molar refractivity (Wildman–Crippen MR) is 68.0 cm³/mol. The van der Waals surface area contributed by atoms with E-state index in [9.17, 15) is 14.0 Å². The molecular weight excluding hydrogens is 257 g/mol. The Bertz CT molecular complexity index is 440. The molecule has 0 aromatic heterocycles. The SMILES string of the molecule is CC(C)C(=O)CNC(=O)Cc1c(F)cccc1Cl. The highest BCUT2D eigenvalue weighted by Crippen LogP contribution is 2.19. The van der Waals surface area contributed by atoms with Crippen molar-refractivity contribution in [3.63, 3.8) is 0 Å². The third kappa shape index (κ3) is 4.11. The summed E-state index contributed by atoms with van der Waals surface area (Å²) < 4.78 is 13.4. The monoisotopic (exact) mass is 271 g/mol. The van der Waals surface area contributed by atoms with Crippen molar-refractivity contribution in [1.82, 2.24) is 5.32 Å². The molecule has 0 aliphatic heterocycles. The lowest BCUT2D eigenvalue weighted by atomic mass is 10.1. The van der Waals surface area contributed by atoms with Crippen LogP contribution in [-0.2, 0) is 16.0 Å². The van der Waals surface area contributed by atoms with Gasteiger partial charge in [-0.3, -0.25) is 9.59 Å². The molecule has 0 bridgehead atoms. The molecule has 1 rings (SSSR count).